The molecule has 0 fully saturated rings. The largest absolute Gasteiger partial charge is 0.391 e. The van der Waals surface area contributed by atoms with Crippen molar-refractivity contribution in [3.63, 3.8) is 0 Å². The smallest absolute Gasteiger partial charge is 0.173 e. The molecule has 0 radical (unpaired) electrons. The molecule has 0 amide bonds. The van der Waals surface area contributed by atoms with E-state index in [4.69, 9.17) is 27.7 Å². The predicted molar refractivity (Wildman–Crippen MR) is 83.2 cm³/mol. The summed E-state index contributed by atoms with van der Waals surface area (Å²) in [6, 6.07) is 7.75. The quantitative estimate of drug-likeness (QED) is 0.711. The maximum absolute atomic E-state index is 13.4. The van der Waals surface area contributed by atoms with Crippen LogP contribution in [-0.2, 0) is 6.61 Å². The van der Waals surface area contributed by atoms with Gasteiger partial charge in [0.1, 0.15) is 17.3 Å². The number of halogens is 4. The average Bonchev–Trinajstić information content (AvgIpc) is 2.93. The molecule has 118 valence electrons. The van der Waals surface area contributed by atoms with E-state index < -0.39 is 18.2 Å². The first kappa shape index (κ1) is 15.9. The summed E-state index contributed by atoms with van der Waals surface area (Å²) >= 11 is 11.8. The van der Waals surface area contributed by atoms with E-state index in [1.165, 1.54) is 0 Å². The molecule has 2 aromatic carbocycles. The fourth-order valence-corrected chi connectivity index (χ4v) is 2.54. The van der Waals surface area contributed by atoms with Gasteiger partial charge in [0.15, 0.2) is 5.76 Å². The molecular weight excluding hydrogens is 347 g/mol. The van der Waals surface area contributed by atoms with Gasteiger partial charge in [0.05, 0.1) is 22.2 Å². The molecule has 1 N–H and O–H groups in total. The van der Waals surface area contributed by atoms with Crippen LogP contribution in [0.2, 0.25) is 10.0 Å². The molecule has 0 aliphatic heterocycles. The van der Waals surface area contributed by atoms with Crippen molar-refractivity contribution in [3.05, 3.63) is 63.6 Å². The highest BCUT2D eigenvalue weighted by Crippen LogP contribution is 2.35. The lowest BCUT2D eigenvalue weighted by atomic mass is 10.0. The Labute approximate surface area is 140 Å². The monoisotopic (exact) mass is 355 g/mol. The first-order chi connectivity index (χ1) is 11.0. The van der Waals surface area contributed by atoms with Crippen LogP contribution < -0.4 is 0 Å². The summed E-state index contributed by atoms with van der Waals surface area (Å²) in [5.74, 6) is -1.42. The van der Waals surface area contributed by atoms with E-state index in [1.807, 2.05) is 0 Å². The van der Waals surface area contributed by atoms with Gasteiger partial charge in [-0.1, -0.05) is 34.4 Å². The van der Waals surface area contributed by atoms with Crippen molar-refractivity contribution in [1.82, 2.24) is 5.16 Å². The molecular formula is C16H9Cl2F2NO2. The number of hydrogen-bond acceptors (Lipinski definition) is 3. The summed E-state index contributed by atoms with van der Waals surface area (Å²) in [4.78, 5) is 0. The number of nitrogens with zero attached hydrogens (tertiary/aromatic N) is 1. The second kappa shape index (κ2) is 6.28. The number of hydrogen-bond donors (Lipinski definition) is 1. The Morgan fingerprint density at radius 3 is 2.26 bits per heavy atom. The second-order valence-electron chi connectivity index (χ2n) is 4.78. The van der Waals surface area contributed by atoms with Gasteiger partial charge in [-0.2, -0.15) is 0 Å². The lowest BCUT2D eigenvalue weighted by molar-refractivity contribution is 0.281. The zero-order chi connectivity index (χ0) is 16.6. The van der Waals surface area contributed by atoms with Gasteiger partial charge in [-0.15, -0.1) is 0 Å². The highest BCUT2D eigenvalue weighted by atomic mass is 35.5. The molecule has 23 heavy (non-hydrogen) atoms. The Hall–Kier alpha value is -1.95. The zero-order valence-corrected chi connectivity index (χ0v) is 13.0. The van der Waals surface area contributed by atoms with Crippen molar-refractivity contribution in [2.75, 3.05) is 0 Å². The van der Waals surface area contributed by atoms with Gasteiger partial charge in [-0.05, 0) is 24.3 Å². The van der Waals surface area contributed by atoms with Gasteiger partial charge < -0.3 is 9.63 Å². The molecule has 3 aromatic rings. The minimum Gasteiger partial charge on any atom is -0.391 e. The number of rotatable bonds is 3. The third-order valence-electron chi connectivity index (χ3n) is 3.26. The highest BCUT2D eigenvalue weighted by Gasteiger charge is 2.20. The Balaban J connectivity index is 2.14. The van der Waals surface area contributed by atoms with Gasteiger partial charge in [0, 0.05) is 17.2 Å². The van der Waals surface area contributed by atoms with Crippen molar-refractivity contribution < 1.29 is 18.4 Å². The van der Waals surface area contributed by atoms with Crippen LogP contribution in [0.3, 0.4) is 0 Å². The molecule has 0 saturated carbocycles. The lowest BCUT2D eigenvalue weighted by Gasteiger charge is -2.03. The van der Waals surface area contributed by atoms with E-state index in [0.29, 0.717) is 26.9 Å². The fourth-order valence-electron chi connectivity index (χ4n) is 2.24. The van der Waals surface area contributed by atoms with Crippen LogP contribution >= 0.6 is 23.2 Å². The molecule has 0 saturated heterocycles. The zero-order valence-electron chi connectivity index (χ0n) is 11.5. The molecule has 0 spiro atoms. The predicted octanol–water partition coefficient (Wildman–Crippen LogP) is 5.09. The Morgan fingerprint density at radius 1 is 0.957 bits per heavy atom. The average molecular weight is 356 g/mol. The van der Waals surface area contributed by atoms with E-state index in [0.717, 1.165) is 18.2 Å². The van der Waals surface area contributed by atoms with Gasteiger partial charge >= 0.3 is 0 Å². The summed E-state index contributed by atoms with van der Waals surface area (Å²) in [7, 11) is 0. The normalized spacial score (nSPS) is 11.0. The molecule has 0 aliphatic rings. The molecule has 0 aliphatic carbocycles. The molecule has 0 unspecified atom stereocenters. The van der Waals surface area contributed by atoms with E-state index in [9.17, 15) is 13.9 Å². The van der Waals surface area contributed by atoms with Gasteiger partial charge in [0.2, 0.25) is 0 Å². The van der Waals surface area contributed by atoms with Gasteiger partial charge in [-0.3, -0.25) is 0 Å². The van der Waals surface area contributed by atoms with Crippen molar-refractivity contribution in [3.8, 4) is 22.6 Å². The highest BCUT2D eigenvalue weighted by molar-refractivity contribution is 6.42. The number of aliphatic hydroxyl groups is 1. The second-order valence-corrected chi connectivity index (χ2v) is 5.60. The molecule has 3 rings (SSSR count). The maximum Gasteiger partial charge on any atom is 0.173 e. The Morgan fingerprint density at radius 2 is 1.65 bits per heavy atom. The summed E-state index contributed by atoms with van der Waals surface area (Å²) < 4.78 is 31.9. The molecule has 0 atom stereocenters. The van der Waals surface area contributed by atoms with Crippen LogP contribution in [0.5, 0.6) is 0 Å². The van der Waals surface area contributed by atoms with Crippen molar-refractivity contribution in [2.24, 2.45) is 0 Å². The van der Waals surface area contributed by atoms with Crippen LogP contribution in [-0.4, -0.2) is 10.3 Å². The van der Waals surface area contributed by atoms with Crippen molar-refractivity contribution in [1.29, 1.82) is 0 Å². The minimum atomic E-state index is -0.753. The summed E-state index contributed by atoms with van der Waals surface area (Å²) in [5.41, 5.74) is 1.33. The Bertz CT molecular complexity index is 860. The van der Waals surface area contributed by atoms with Gasteiger partial charge in [0.25, 0.3) is 0 Å². The minimum absolute atomic E-state index is 0.0898. The third kappa shape index (κ3) is 3.08. The number of aromatic nitrogens is 1. The summed E-state index contributed by atoms with van der Waals surface area (Å²) in [5, 5.41) is 14.2. The van der Waals surface area contributed by atoms with Crippen LogP contribution in [0.25, 0.3) is 22.6 Å². The van der Waals surface area contributed by atoms with Crippen LogP contribution in [0.1, 0.15) is 5.56 Å². The van der Waals surface area contributed by atoms with Crippen LogP contribution in [0.4, 0.5) is 8.78 Å². The van der Waals surface area contributed by atoms with Crippen LogP contribution in [0.15, 0.2) is 40.9 Å². The summed E-state index contributed by atoms with van der Waals surface area (Å²) in [6.07, 6.45) is 0. The topological polar surface area (TPSA) is 46.3 Å². The molecule has 1 aromatic heterocycles. The first-order valence-electron chi connectivity index (χ1n) is 6.51. The number of benzene rings is 2. The third-order valence-corrected chi connectivity index (χ3v) is 4.00. The van der Waals surface area contributed by atoms with Gasteiger partial charge in [-0.25, -0.2) is 8.78 Å². The fraction of sp³-hybridized carbons (Fsp3) is 0.0625. The van der Waals surface area contributed by atoms with Crippen molar-refractivity contribution in [2.45, 2.75) is 6.61 Å². The van der Waals surface area contributed by atoms with Crippen molar-refractivity contribution >= 4 is 23.2 Å². The van der Waals surface area contributed by atoms with E-state index in [2.05, 4.69) is 5.16 Å². The van der Waals surface area contributed by atoms with Crippen LogP contribution in [0, 0.1) is 11.6 Å². The molecule has 0 bridgehead atoms. The van der Waals surface area contributed by atoms with E-state index in [-0.39, 0.29) is 11.3 Å². The summed E-state index contributed by atoms with van der Waals surface area (Å²) in [6.45, 7) is -0.424. The van der Waals surface area contributed by atoms with E-state index >= 15 is 0 Å². The maximum atomic E-state index is 13.4. The lowest BCUT2D eigenvalue weighted by Crippen LogP contribution is -1.90. The molecule has 3 nitrogen and oxygen atoms in total. The Kier molecular flexibility index (Phi) is 4.35. The number of aliphatic hydroxyl groups excluding tert-OH is 1. The first-order valence-corrected chi connectivity index (χ1v) is 7.26. The molecule has 7 heteroatoms. The van der Waals surface area contributed by atoms with E-state index in [1.54, 1.807) is 18.2 Å². The standard InChI is InChI=1S/C16H9Cl2F2NO2/c17-13-2-1-8(5-14(13)18)15-12(7-22)16(23-21-15)9-3-10(19)6-11(20)4-9/h1-6,22H,7H2. The SMILES string of the molecule is OCc1c(-c2ccc(Cl)c(Cl)c2)noc1-c1cc(F)cc(F)c1. The molecule has 1 heterocycles.